The predicted molar refractivity (Wildman–Crippen MR) is 70.8 cm³/mol. The number of piperidine rings is 1. The van der Waals surface area contributed by atoms with Crippen molar-refractivity contribution in [1.82, 2.24) is 24.8 Å². The number of hydrogen-bond donors (Lipinski definition) is 2. The van der Waals surface area contributed by atoms with Crippen molar-refractivity contribution in [2.75, 3.05) is 25.5 Å². The Morgan fingerprint density at radius 1 is 1.39 bits per heavy atom. The van der Waals surface area contributed by atoms with Crippen LogP contribution in [-0.4, -0.2) is 51.0 Å². The summed E-state index contributed by atoms with van der Waals surface area (Å²) in [5, 5.41) is 3.66. The average Bonchev–Trinajstić information content (AvgIpc) is 2.80. The molecule has 1 saturated heterocycles. The van der Waals surface area contributed by atoms with Gasteiger partial charge in [-0.15, -0.1) is 0 Å². The molecule has 6 nitrogen and oxygen atoms in total. The molecule has 0 atom stereocenters. The molecule has 0 radical (unpaired) electrons. The fraction of sp³-hybridized carbons (Fsp3) is 0.545. The van der Waals surface area contributed by atoms with Gasteiger partial charge >= 0.3 is 0 Å². The zero-order valence-corrected chi connectivity index (χ0v) is 10.9. The number of H-pyrrole nitrogens is 1. The average molecular weight is 267 g/mol. The van der Waals surface area contributed by atoms with Crippen molar-refractivity contribution >= 4 is 28.6 Å². The van der Waals surface area contributed by atoms with Crippen LogP contribution in [0.1, 0.15) is 12.8 Å². The van der Waals surface area contributed by atoms with Crippen LogP contribution < -0.4 is 5.32 Å². The molecule has 1 aliphatic heterocycles. The second kappa shape index (κ2) is 4.70. The highest BCUT2D eigenvalue weighted by Crippen LogP contribution is 2.21. The zero-order chi connectivity index (χ0) is 12.5. The molecule has 7 heteroatoms. The normalized spacial score (nSPS) is 18.3. The number of rotatable bonds is 2. The third kappa shape index (κ3) is 2.26. The summed E-state index contributed by atoms with van der Waals surface area (Å²) in [6, 6.07) is 0.429. The van der Waals surface area contributed by atoms with Gasteiger partial charge < -0.3 is 15.2 Å². The first-order valence-electron chi connectivity index (χ1n) is 6.04. The van der Waals surface area contributed by atoms with Crippen LogP contribution in [0.2, 0.25) is 5.28 Å². The molecule has 96 valence electrons. The molecule has 0 spiro atoms. The van der Waals surface area contributed by atoms with Gasteiger partial charge in [-0.2, -0.15) is 9.97 Å². The monoisotopic (exact) mass is 266 g/mol. The van der Waals surface area contributed by atoms with Crippen molar-refractivity contribution in [2.45, 2.75) is 18.9 Å². The highest BCUT2D eigenvalue weighted by atomic mass is 35.5. The van der Waals surface area contributed by atoms with Crippen LogP contribution in [0, 0.1) is 0 Å². The number of nitrogens with one attached hydrogen (secondary N) is 2. The minimum Gasteiger partial charge on any atom is -0.365 e. The molecule has 2 aromatic rings. The van der Waals surface area contributed by atoms with Crippen molar-refractivity contribution in [1.29, 1.82) is 0 Å². The molecule has 0 unspecified atom stereocenters. The SMILES string of the molecule is CN1CCC(Nc2nc(Cl)nc3nc[nH]c23)CC1. The third-order valence-electron chi connectivity index (χ3n) is 3.32. The molecule has 2 aromatic heterocycles. The van der Waals surface area contributed by atoms with E-state index < -0.39 is 0 Å². The summed E-state index contributed by atoms with van der Waals surface area (Å²) in [6.07, 6.45) is 3.82. The van der Waals surface area contributed by atoms with Gasteiger partial charge in [0.25, 0.3) is 0 Å². The minimum atomic E-state index is 0.227. The van der Waals surface area contributed by atoms with Gasteiger partial charge in [0, 0.05) is 6.04 Å². The van der Waals surface area contributed by atoms with Crippen LogP contribution >= 0.6 is 11.6 Å². The van der Waals surface area contributed by atoms with Gasteiger partial charge in [-0.3, -0.25) is 0 Å². The van der Waals surface area contributed by atoms with Crippen molar-refractivity contribution in [2.24, 2.45) is 0 Å². The Balaban J connectivity index is 1.83. The Kier molecular flexibility index (Phi) is 3.05. The smallest absolute Gasteiger partial charge is 0.226 e. The van der Waals surface area contributed by atoms with E-state index >= 15 is 0 Å². The van der Waals surface area contributed by atoms with Crippen LogP contribution in [0.15, 0.2) is 6.33 Å². The first kappa shape index (κ1) is 11.7. The van der Waals surface area contributed by atoms with E-state index in [4.69, 9.17) is 11.6 Å². The topological polar surface area (TPSA) is 69.7 Å². The highest BCUT2D eigenvalue weighted by molar-refractivity contribution is 6.28. The van der Waals surface area contributed by atoms with E-state index in [9.17, 15) is 0 Å². The quantitative estimate of drug-likeness (QED) is 0.807. The van der Waals surface area contributed by atoms with Crippen molar-refractivity contribution < 1.29 is 0 Å². The summed E-state index contributed by atoms with van der Waals surface area (Å²) in [6.45, 7) is 2.20. The summed E-state index contributed by atoms with van der Waals surface area (Å²) in [4.78, 5) is 17.8. The maximum atomic E-state index is 5.90. The highest BCUT2D eigenvalue weighted by Gasteiger charge is 2.18. The zero-order valence-electron chi connectivity index (χ0n) is 10.1. The summed E-state index contributed by atoms with van der Waals surface area (Å²) in [7, 11) is 2.14. The van der Waals surface area contributed by atoms with Gasteiger partial charge in [0.2, 0.25) is 5.28 Å². The first-order valence-corrected chi connectivity index (χ1v) is 6.42. The number of anilines is 1. The summed E-state index contributed by atoms with van der Waals surface area (Å²) in [5.41, 5.74) is 1.42. The number of halogens is 1. The molecule has 1 fully saturated rings. The lowest BCUT2D eigenvalue weighted by Crippen LogP contribution is -2.36. The van der Waals surface area contributed by atoms with Crippen molar-refractivity contribution in [3.05, 3.63) is 11.6 Å². The third-order valence-corrected chi connectivity index (χ3v) is 3.49. The van der Waals surface area contributed by atoms with E-state index in [1.807, 2.05) is 0 Å². The maximum Gasteiger partial charge on any atom is 0.226 e. The second-order valence-corrected chi connectivity index (χ2v) is 5.00. The lowest BCUT2D eigenvalue weighted by molar-refractivity contribution is 0.263. The second-order valence-electron chi connectivity index (χ2n) is 4.66. The largest absolute Gasteiger partial charge is 0.365 e. The Labute approximate surface area is 110 Å². The molecule has 0 aliphatic carbocycles. The number of nitrogens with zero attached hydrogens (tertiary/aromatic N) is 4. The lowest BCUT2D eigenvalue weighted by atomic mass is 10.1. The van der Waals surface area contributed by atoms with Gasteiger partial charge in [0.15, 0.2) is 11.5 Å². The maximum absolute atomic E-state index is 5.90. The molecule has 0 amide bonds. The summed E-state index contributed by atoms with van der Waals surface area (Å²) < 4.78 is 0. The van der Waals surface area contributed by atoms with E-state index in [2.05, 4.69) is 37.2 Å². The number of imidazole rings is 1. The molecule has 18 heavy (non-hydrogen) atoms. The van der Waals surface area contributed by atoms with Gasteiger partial charge in [-0.1, -0.05) is 0 Å². The molecular formula is C11H15ClN6. The van der Waals surface area contributed by atoms with Crippen LogP contribution in [0.4, 0.5) is 5.82 Å². The van der Waals surface area contributed by atoms with Gasteiger partial charge in [0.1, 0.15) is 5.52 Å². The molecular weight excluding hydrogens is 252 g/mol. The van der Waals surface area contributed by atoms with E-state index in [-0.39, 0.29) is 5.28 Å². The minimum absolute atomic E-state index is 0.227. The standard InChI is InChI=1S/C11H15ClN6/c1-18-4-2-7(3-5-18)15-10-8-9(14-6-13-8)16-11(12)17-10/h6-7H,2-5H2,1H3,(H2,13,14,15,16,17). The van der Waals surface area contributed by atoms with E-state index in [1.165, 1.54) is 0 Å². The molecule has 1 aliphatic rings. The molecule has 0 bridgehead atoms. The van der Waals surface area contributed by atoms with Crippen molar-refractivity contribution in [3.8, 4) is 0 Å². The molecule has 2 N–H and O–H groups in total. The first-order chi connectivity index (χ1) is 8.72. The van der Waals surface area contributed by atoms with Crippen molar-refractivity contribution in [3.63, 3.8) is 0 Å². The fourth-order valence-electron chi connectivity index (χ4n) is 2.26. The predicted octanol–water partition coefficient (Wildman–Crippen LogP) is 1.51. The van der Waals surface area contributed by atoms with E-state index in [0.717, 1.165) is 37.3 Å². The summed E-state index contributed by atoms with van der Waals surface area (Å²) in [5.74, 6) is 0.747. The number of aromatic nitrogens is 4. The molecule has 3 rings (SSSR count). The van der Waals surface area contributed by atoms with Crippen LogP contribution in [0.25, 0.3) is 11.2 Å². The fourth-order valence-corrected chi connectivity index (χ4v) is 2.42. The summed E-state index contributed by atoms with van der Waals surface area (Å²) >= 11 is 5.90. The molecule has 3 heterocycles. The number of likely N-dealkylation sites (tertiary alicyclic amines) is 1. The van der Waals surface area contributed by atoms with Gasteiger partial charge in [-0.05, 0) is 44.6 Å². The lowest BCUT2D eigenvalue weighted by Gasteiger charge is -2.29. The Morgan fingerprint density at radius 2 is 2.17 bits per heavy atom. The number of hydrogen-bond acceptors (Lipinski definition) is 5. The van der Waals surface area contributed by atoms with Crippen LogP contribution in [0.3, 0.4) is 0 Å². The van der Waals surface area contributed by atoms with E-state index in [0.29, 0.717) is 11.7 Å². The number of aromatic amines is 1. The Morgan fingerprint density at radius 3 is 2.94 bits per heavy atom. The Hall–Kier alpha value is -1.40. The Bertz CT molecular complexity index is 545. The van der Waals surface area contributed by atoms with Crippen LogP contribution in [0.5, 0.6) is 0 Å². The van der Waals surface area contributed by atoms with Gasteiger partial charge in [-0.25, -0.2) is 4.98 Å². The van der Waals surface area contributed by atoms with E-state index in [1.54, 1.807) is 6.33 Å². The molecule has 0 saturated carbocycles. The van der Waals surface area contributed by atoms with Crippen LogP contribution in [-0.2, 0) is 0 Å². The van der Waals surface area contributed by atoms with Gasteiger partial charge in [0.05, 0.1) is 6.33 Å². The molecule has 0 aromatic carbocycles. The number of fused-ring (bicyclic) bond motifs is 1.